The molecule has 0 saturated carbocycles. The van der Waals surface area contributed by atoms with Gasteiger partial charge in [-0.05, 0) is 60.7 Å². The Kier molecular flexibility index (Phi) is 6.80. The van der Waals surface area contributed by atoms with Gasteiger partial charge in [-0.3, -0.25) is 4.72 Å². The minimum Gasteiger partial charge on any atom is -0.457 e. The summed E-state index contributed by atoms with van der Waals surface area (Å²) >= 11 is 17.6. The van der Waals surface area contributed by atoms with Gasteiger partial charge < -0.3 is 9.47 Å². The normalized spacial score (nSPS) is 11.8. The van der Waals surface area contributed by atoms with E-state index in [2.05, 4.69) is 9.46 Å². The number of anilines is 1. The molecule has 3 rings (SSSR count). The number of alkyl halides is 3. The molecule has 0 heterocycles. The molecule has 12 heteroatoms. The van der Waals surface area contributed by atoms with Crippen LogP contribution >= 0.6 is 34.8 Å². The molecule has 0 aliphatic rings. The Morgan fingerprint density at radius 2 is 1.23 bits per heavy atom. The summed E-state index contributed by atoms with van der Waals surface area (Å²) < 4.78 is 73.4. The molecule has 0 aliphatic carbocycles. The van der Waals surface area contributed by atoms with Gasteiger partial charge in [0.2, 0.25) is 0 Å². The summed E-state index contributed by atoms with van der Waals surface area (Å²) in [6, 6.07) is 13.0. The number of hydrogen-bond donors (Lipinski definition) is 1. The maximum Gasteiger partial charge on any atom is 0.573 e. The van der Waals surface area contributed by atoms with Crippen molar-refractivity contribution in [3.8, 4) is 17.2 Å². The third-order valence-corrected chi connectivity index (χ3v) is 6.23. The van der Waals surface area contributed by atoms with E-state index in [4.69, 9.17) is 39.5 Å². The maximum absolute atomic E-state index is 12.6. The zero-order valence-electron chi connectivity index (χ0n) is 15.1. The summed E-state index contributed by atoms with van der Waals surface area (Å²) in [5.41, 5.74) is 0.211. The van der Waals surface area contributed by atoms with E-state index >= 15 is 0 Å². The van der Waals surface area contributed by atoms with E-state index in [1.165, 1.54) is 42.5 Å². The van der Waals surface area contributed by atoms with Crippen molar-refractivity contribution >= 4 is 50.5 Å². The van der Waals surface area contributed by atoms with Crippen molar-refractivity contribution in [2.75, 3.05) is 4.72 Å². The fraction of sp³-hybridized carbons (Fsp3) is 0.0526. The Morgan fingerprint density at radius 3 is 1.77 bits per heavy atom. The smallest absolute Gasteiger partial charge is 0.457 e. The molecule has 5 nitrogen and oxygen atoms in total. The number of sulfonamides is 1. The highest BCUT2D eigenvalue weighted by Crippen LogP contribution is 2.33. The molecule has 0 saturated heterocycles. The van der Waals surface area contributed by atoms with Gasteiger partial charge in [-0.25, -0.2) is 8.42 Å². The average molecular weight is 513 g/mol. The zero-order valence-corrected chi connectivity index (χ0v) is 18.2. The van der Waals surface area contributed by atoms with Gasteiger partial charge in [-0.15, -0.1) is 13.2 Å². The van der Waals surface area contributed by atoms with Crippen molar-refractivity contribution in [1.29, 1.82) is 0 Å². The molecule has 0 fully saturated rings. The minimum atomic E-state index is -4.78. The van der Waals surface area contributed by atoms with Crippen LogP contribution in [0.2, 0.25) is 15.1 Å². The highest BCUT2D eigenvalue weighted by atomic mass is 35.5. The first-order valence-corrected chi connectivity index (χ1v) is 10.9. The van der Waals surface area contributed by atoms with Crippen molar-refractivity contribution in [3.63, 3.8) is 0 Å². The molecule has 0 radical (unpaired) electrons. The predicted octanol–water partition coefficient (Wildman–Crippen LogP) is 7.14. The van der Waals surface area contributed by atoms with Crippen molar-refractivity contribution in [3.05, 3.63) is 75.7 Å². The molecule has 1 N–H and O–H groups in total. The molecular formula is C19H11Cl3F3NO4S. The van der Waals surface area contributed by atoms with Crippen molar-refractivity contribution < 1.29 is 31.1 Å². The fourth-order valence-electron chi connectivity index (χ4n) is 2.36. The third-order valence-electron chi connectivity index (χ3n) is 3.66. The van der Waals surface area contributed by atoms with Gasteiger partial charge in [-0.1, -0.05) is 34.8 Å². The molecule has 31 heavy (non-hydrogen) atoms. The Hall–Kier alpha value is -2.33. The number of rotatable bonds is 6. The Balaban J connectivity index is 1.70. The molecule has 0 bridgehead atoms. The monoisotopic (exact) mass is 511 g/mol. The molecular weight excluding hydrogens is 502 g/mol. The Bertz CT molecular complexity index is 1190. The second-order valence-corrected chi connectivity index (χ2v) is 8.82. The van der Waals surface area contributed by atoms with Crippen LogP contribution in [0.1, 0.15) is 0 Å². The maximum atomic E-state index is 12.6. The highest BCUT2D eigenvalue weighted by molar-refractivity contribution is 7.92. The van der Waals surface area contributed by atoms with Crippen LogP contribution in [0.4, 0.5) is 18.9 Å². The topological polar surface area (TPSA) is 64.6 Å². The highest BCUT2D eigenvalue weighted by Gasteiger charge is 2.31. The van der Waals surface area contributed by atoms with Crippen LogP contribution in [0.25, 0.3) is 0 Å². The van der Waals surface area contributed by atoms with Gasteiger partial charge in [0.1, 0.15) is 22.1 Å². The standard InChI is InChI=1S/C19H11Cl3F3NO4S/c20-15-9-17(22)18(10-16(15)21)31(27,28)26-11-1-3-12(4-2-11)29-13-5-7-14(8-6-13)30-19(23,24)25/h1-10,26H. The van der Waals surface area contributed by atoms with E-state index in [0.717, 1.165) is 18.2 Å². The van der Waals surface area contributed by atoms with Crippen LogP contribution in [0.3, 0.4) is 0 Å². The van der Waals surface area contributed by atoms with E-state index in [1.54, 1.807) is 0 Å². The zero-order chi connectivity index (χ0) is 22.8. The molecule has 3 aromatic rings. The lowest BCUT2D eigenvalue weighted by molar-refractivity contribution is -0.274. The summed E-state index contributed by atoms with van der Waals surface area (Å²) in [6.07, 6.45) is -4.78. The lowest BCUT2D eigenvalue weighted by Gasteiger charge is -2.12. The van der Waals surface area contributed by atoms with Gasteiger partial charge in [0, 0.05) is 5.69 Å². The van der Waals surface area contributed by atoms with Crippen LogP contribution < -0.4 is 14.2 Å². The van der Waals surface area contributed by atoms with E-state index in [1.807, 2.05) is 0 Å². The lowest BCUT2D eigenvalue weighted by Crippen LogP contribution is -2.16. The van der Waals surface area contributed by atoms with E-state index in [-0.39, 0.29) is 37.1 Å². The second-order valence-electron chi connectivity index (χ2n) is 5.95. The van der Waals surface area contributed by atoms with Crippen molar-refractivity contribution in [1.82, 2.24) is 0 Å². The van der Waals surface area contributed by atoms with Gasteiger partial charge in [0.05, 0.1) is 15.1 Å². The van der Waals surface area contributed by atoms with E-state index in [0.29, 0.717) is 5.75 Å². The number of ether oxygens (including phenoxy) is 2. The molecule has 0 aromatic heterocycles. The first-order valence-electron chi connectivity index (χ1n) is 8.24. The number of hydrogen-bond acceptors (Lipinski definition) is 4. The van der Waals surface area contributed by atoms with Crippen LogP contribution in [0.15, 0.2) is 65.6 Å². The lowest BCUT2D eigenvalue weighted by atomic mass is 10.3. The van der Waals surface area contributed by atoms with E-state index in [9.17, 15) is 21.6 Å². The van der Waals surface area contributed by atoms with E-state index < -0.39 is 16.4 Å². The average Bonchev–Trinajstić information content (AvgIpc) is 2.66. The molecule has 0 spiro atoms. The molecule has 0 aliphatic heterocycles. The second kappa shape index (κ2) is 9.04. The molecule has 0 atom stereocenters. The fourth-order valence-corrected chi connectivity index (χ4v) is 4.42. The van der Waals surface area contributed by atoms with Crippen LogP contribution in [-0.4, -0.2) is 14.8 Å². The van der Waals surface area contributed by atoms with Crippen molar-refractivity contribution in [2.24, 2.45) is 0 Å². The Morgan fingerprint density at radius 1 is 0.742 bits per heavy atom. The molecule has 0 amide bonds. The number of benzene rings is 3. The summed E-state index contributed by atoms with van der Waals surface area (Å²) in [5.74, 6) is 0.191. The third kappa shape index (κ3) is 6.33. The number of halogens is 6. The summed E-state index contributed by atoms with van der Waals surface area (Å²) in [4.78, 5) is -0.245. The van der Waals surface area contributed by atoms with Crippen LogP contribution in [0.5, 0.6) is 17.2 Å². The summed E-state index contributed by atoms with van der Waals surface area (Å²) in [5, 5.41) is 0.0479. The number of nitrogens with one attached hydrogen (secondary N) is 1. The first kappa shape index (κ1) is 23.3. The van der Waals surface area contributed by atoms with Gasteiger partial charge in [0.25, 0.3) is 10.0 Å². The molecule has 164 valence electrons. The quantitative estimate of drug-likeness (QED) is 0.357. The van der Waals surface area contributed by atoms with Gasteiger partial charge >= 0.3 is 6.36 Å². The summed E-state index contributed by atoms with van der Waals surface area (Å²) in [6.45, 7) is 0. The first-order chi connectivity index (χ1) is 14.4. The SMILES string of the molecule is O=S(=O)(Nc1ccc(Oc2ccc(OC(F)(F)F)cc2)cc1)c1cc(Cl)c(Cl)cc1Cl. The largest absolute Gasteiger partial charge is 0.573 e. The Labute approximate surface area is 190 Å². The van der Waals surface area contributed by atoms with Gasteiger partial charge in [-0.2, -0.15) is 0 Å². The predicted molar refractivity (Wildman–Crippen MR) is 112 cm³/mol. The van der Waals surface area contributed by atoms with Crippen molar-refractivity contribution in [2.45, 2.75) is 11.3 Å². The van der Waals surface area contributed by atoms with Gasteiger partial charge in [0.15, 0.2) is 0 Å². The van der Waals surface area contributed by atoms with Crippen LogP contribution in [0, 0.1) is 0 Å². The molecule has 3 aromatic carbocycles. The van der Waals surface area contributed by atoms with Crippen LogP contribution in [-0.2, 0) is 10.0 Å². The summed E-state index contributed by atoms with van der Waals surface area (Å²) in [7, 11) is -4.05. The molecule has 0 unspecified atom stereocenters. The minimum absolute atomic E-state index is 0.0295.